The lowest BCUT2D eigenvalue weighted by atomic mass is 10.0. The SMILES string of the molecule is C#CC(=O)N1CCC(Nc2ccc(CC(N)=O)c3[nH]c(C)c(C)c23)CC1. The zero-order valence-corrected chi connectivity index (χ0v) is 15.2. The molecule has 1 aromatic carbocycles. The molecule has 6 nitrogen and oxygen atoms in total. The molecule has 136 valence electrons. The highest BCUT2D eigenvalue weighted by Crippen LogP contribution is 2.33. The van der Waals surface area contributed by atoms with Crippen molar-refractivity contribution in [1.82, 2.24) is 9.88 Å². The molecule has 0 aliphatic carbocycles. The Morgan fingerprint density at radius 2 is 2.04 bits per heavy atom. The summed E-state index contributed by atoms with van der Waals surface area (Å²) in [5, 5.41) is 4.71. The summed E-state index contributed by atoms with van der Waals surface area (Å²) in [6.45, 7) is 5.42. The van der Waals surface area contributed by atoms with E-state index in [-0.39, 0.29) is 24.3 Å². The number of carbonyl (C=O) groups excluding carboxylic acids is 2. The summed E-state index contributed by atoms with van der Waals surface area (Å²) in [6.07, 6.45) is 7.10. The van der Waals surface area contributed by atoms with E-state index in [1.165, 1.54) is 0 Å². The lowest BCUT2D eigenvalue weighted by Gasteiger charge is -2.32. The van der Waals surface area contributed by atoms with Crippen molar-refractivity contribution in [2.45, 2.75) is 39.2 Å². The lowest BCUT2D eigenvalue weighted by Crippen LogP contribution is -2.41. The molecular weight excluding hydrogens is 328 g/mol. The van der Waals surface area contributed by atoms with Crippen molar-refractivity contribution in [3.8, 4) is 12.3 Å². The second-order valence-corrected chi connectivity index (χ2v) is 6.90. The first-order valence-corrected chi connectivity index (χ1v) is 8.81. The van der Waals surface area contributed by atoms with Gasteiger partial charge in [0.1, 0.15) is 0 Å². The summed E-state index contributed by atoms with van der Waals surface area (Å²) in [7, 11) is 0. The Morgan fingerprint density at radius 1 is 1.35 bits per heavy atom. The maximum absolute atomic E-state index is 11.6. The van der Waals surface area contributed by atoms with Gasteiger partial charge in [-0.1, -0.05) is 6.07 Å². The Hall–Kier alpha value is -2.94. The number of hydrogen-bond acceptors (Lipinski definition) is 3. The largest absolute Gasteiger partial charge is 0.382 e. The normalized spacial score (nSPS) is 15.0. The van der Waals surface area contributed by atoms with Crippen molar-refractivity contribution in [2.24, 2.45) is 5.73 Å². The molecule has 0 radical (unpaired) electrons. The van der Waals surface area contributed by atoms with Gasteiger partial charge in [-0.15, -0.1) is 6.42 Å². The predicted molar refractivity (Wildman–Crippen MR) is 103 cm³/mol. The van der Waals surface area contributed by atoms with Crippen LogP contribution in [0, 0.1) is 26.2 Å². The van der Waals surface area contributed by atoms with Crippen LogP contribution < -0.4 is 11.1 Å². The maximum atomic E-state index is 11.6. The molecule has 2 aromatic rings. The molecule has 0 saturated carbocycles. The first-order chi connectivity index (χ1) is 12.4. The smallest absolute Gasteiger partial charge is 0.298 e. The Morgan fingerprint density at radius 3 is 2.65 bits per heavy atom. The highest BCUT2D eigenvalue weighted by Gasteiger charge is 2.23. The van der Waals surface area contributed by atoms with Gasteiger partial charge in [0.2, 0.25) is 5.91 Å². The van der Waals surface area contributed by atoms with Gasteiger partial charge in [-0.3, -0.25) is 9.59 Å². The van der Waals surface area contributed by atoms with Crippen molar-refractivity contribution >= 4 is 28.4 Å². The van der Waals surface area contributed by atoms with Gasteiger partial charge in [0.25, 0.3) is 5.91 Å². The minimum atomic E-state index is -0.345. The molecule has 1 fully saturated rings. The Bertz CT molecular complexity index is 899. The molecule has 6 heteroatoms. The molecule has 1 aliphatic rings. The van der Waals surface area contributed by atoms with Gasteiger partial charge >= 0.3 is 0 Å². The molecule has 4 N–H and O–H groups in total. The number of aromatic amines is 1. The molecule has 1 aromatic heterocycles. The molecular formula is C20H24N4O2. The number of hydrogen-bond donors (Lipinski definition) is 3. The van der Waals surface area contributed by atoms with E-state index < -0.39 is 0 Å². The third-order valence-corrected chi connectivity index (χ3v) is 5.17. The van der Waals surface area contributed by atoms with Gasteiger partial charge < -0.3 is 20.9 Å². The summed E-state index contributed by atoms with van der Waals surface area (Å²) in [5.74, 6) is 1.60. The van der Waals surface area contributed by atoms with Crippen molar-refractivity contribution in [2.75, 3.05) is 18.4 Å². The van der Waals surface area contributed by atoms with E-state index in [4.69, 9.17) is 12.2 Å². The Labute approximate surface area is 153 Å². The number of H-pyrrole nitrogens is 1. The number of nitrogens with two attached hydrogens (primary N) is 1. The number of amides is 2. The number of aryl methyl sites for hydroxylation is 2. The van der Waals surface area contributed by atoms with Gasteiger partial charge in [0.05, 0.1) is 11.9 Å². The number of nitrogens with one attached hydrogen (secondary N) is 2. The summed E-state index contributed by atoms with van der Waals surface area (Å²) in [5.41, 5.74) is 10.5. The van der Waals surface area contributed by atoms with Gasteiger partial charge in [-0.2, -0.15) is 0 Å². The van der Waals surface area contributed by atoms with E-state index in [9.17, 15) is 9.59 Å². The topological polar surface area (TPSA) is 91.2 Å². The lowest BCUT2D eigenvalue weighted by molar-refractivity contribution is -0.126. The van der Waals surface area contributed by atoms with Crippen LogP contribution in [0.15, 0.2) is 12.1 Å². The molecule has 0 unspecified atom stereocenters. The molecule has 0 atom stereocenters. The van der Waals surface area contributed by atoms with Crippen LogP contribution in [-0.4, -0.2) is 40.8 Å². The summed E-state index contributed by atoms with van der Waals surface area (Å²) < 4.78 is 0. The highest BCUT2D eigenvalue weighted by atomic mass is 16.2. The van der Waals surface area contributed by atoms with E-state index in [1.807, 2.05) is 19.1 Å². The Balaban J connectivity index is 1.84. The van der Waals surface area contributed by atoms with Crippen molar-refractivity contribution < 1.29 is 9.59 Å². The number of likely N-dealkylation sites (tertiary alicyclic amines) is 1. The molecule has 2 amide bonds. The first kappa shape index (κ1) is 17.9. The number of anilines is 1. The standard InChI is InChI=1S/C20H24N4O2/c1-4-18(26)24-9-7-15(8-10-24)23-16-6-5-14(11-17(21)25)20-19(16)12(2)13(3)22-20/h1,5-6,15,22-23H,7-11H2,2-3H3,(H2,21,25). The van der Waals surface area contributed by atoms with Crippen LogP contribution in [0.5, 0.6) is 0 Å². The van der Waals surface area contributed by atoms with Crippen LogP contribution >= 0.6 is 0 Å². The third kappa shape index (κ3) is 3.38. The number of terminal acetylenes is 1. The second kappa shape index (κ2) is 7.12. The number of piperidine rings is 1. The highest BCUT2D eigenvalue weighted by molar-refractivity contribution is 5.99. The minimum absolute atomic E-state index is 0.211. The van der Waals surface area contributed by atoms with Crippen LogP contribution in [-0.2, 0) is 16.0 Å². The van der Waals surface area contributed by atoms with Crippen LogP contribution in [0.25, 0.3) is 10.9 Å². The average molecular weight is 352 g/mol. The molecule has 3 rings (SSSR count). The fourth-order valence-electron chi connectivity index (χ4n) is 3.64. The Kier molecular flexibility index (Phi) is 4.90. The fraction of sp³-hybridized carbons (Fsp3) is 0.400. The van der Waals surface area contributed by atoms with Gasteiger partial charge in [0.15, 0.2) is 0 Å². The number of fused-ring (bicyclic) bond motifs is 1. The molecule has 26 heavy (non-hydrogen) atoms. The fourth-order valence-corrected chi connectivity index (χ4v) is 3.64. The predicted octanol–water partition coefficient (Wildman–Crippen LogP) is 1.85. The third-order valence-electron chi connectivity index (χ3n) is 5.17. The maximum Gasteiger partial charge on any atom is 0.298 e. The summed E-state index contributed by atoms with van der Waals surface area (Å²) in [4.78, 5) is 28.1. The number of rotatable bonds is 4. The van der Waals surface area contributed by atoms with Crippen molar-refractivity contribution in [3.63, 3.8) is 0 Å². The number of nitrogens with zero attached hydrogens (tertiary/aromatic N) is 1. The van der Waals surface area contributed by atoms with Crippen LogP contribution in [0.3, 0.4) is 0 Å². The quantitative estimate of drug-likeness (QED) is 0.734. The van der Waals surface area contributed by atoms with Crippen LogP contribution in [0.2, 0.25) is 0 Å². The van der Waals surface area contributed by atoms with Gasteiger partial charge in [-0.05, 0) is 49.8 Å². The molecule has 2 heterocycles. The molecule has 1 aliphatic heterocycles. The summed E-state index contributed by atoms with van der Waals surface area (Å²) in [6, 6.07) is 4.23. The first-order valence-electron chi connectivity index (χ1n) is 8.81. The van der Waals surface area contributed by atoms with Crippen LogP contribution in [0.4, 0.5) is 5.69 Å². The van der Waals surface area contributed by atoms with E-state index in [1.54, 1.807) is 4.90 Å². The minimum Gasteiger partial charge on any atom is -0.382 e. The van der Waals surface area contributed by atoms with E-state index >= 15 is 0 Å². The van der Waals surface area contributed by atoms with Crippen molar-refractivity contribution in [3.05, 3.63) is 29.0 Å². The molecule has 0 spiro atoms. The number of benzene rings is 1. The molecule has 0 bridgehead atoms. The van der Waals surface area contributed by atoms with E-state index in [2.05, 4.69) is 23.1 Å². The number of carbonyl (C=O) groups is 2. The van der Waals surface area contributed by atoms with Gasteiger partial charge in [0, 0.05) is 35.9 Å². The van der Waals surface area contributed by atoms with Gasteiger partial charge in [-0.25, -0.2) is 0 Å². The zero-order valence-electron chi connectivity index (χ0n) is 15.2. The molecule has 1 saturated heterocycles. The second-order valence-electron chi connectivity index (χ2n) is 6.90. The van der Waals surface area contributed by atoms with E-state index in [0.29, 0.717) is 13.1 Å². The van der Waals surface area contributed by atoms with Crippen LogP contribution in [0.1, 0.15) is 29.7 Å². The number of primary amides is 1. The van der Waals surface area contributed by atoms with Crippen molar-refractivity contribution in [1.29, 1.82) is 0 Å². The van der Waals surface area contributed by atoms with E-state index in [0.717, 1.165) is 46.3 Å². The zero-order chi connectivity index (χ0) is 18.8. The number of aromatic nitrogens is 1. The summed E-state index contributed by atoms with van der Waals surface area (Å²) >= 11 is 0. The average Bonchev–Trinajstić information content (AvgIpc) is 2.92. The monoisotopic (exact) mass is 352 g/mol.